The van der Waals surface area contributed by atoms with E-state index in [4.69, 9.17) is 5.84 Å². The van der Waals surface area contributed by atoms with Gasteiger partial charge in [-0.15, -0.1) is 21.5 Å². The lowest BCUT2D eigenvalue weighted by Gasteiger charge is -2.09. The quantitative estimate of drug-likeness (QED) is 0.540. The fourth-order valence-corrected chi connectivity index (χ4v) is 3.50. The van der Waals surface area contributed by atoms with Crippen LogP contribution in [0.2, 0.25) is 0 Å². The first kappa shape index (κ1) is 16.5. The first-order valence-corrected chi connectivity index (χ1v) is 9.15. The number of carbonyl (C=O) groups is 1. The Morgan fingerprint density at radius 2 is 2.17 bits per heavy atom. The number of thioether (sulfide) groups is 1. The number of nitrogens with zero attached hydrogens (tertiary/aromatic N) is 3. The van der Waals surface area contributed by atoms with E-state index in [0.29, 0.717) is 11.0 Å². The van der Waals surface area contributed by atoms with Gasteiger partial charge in [-0.3, -0.25) is 4.79 Å². The average Bonchev–Trinajstić information content (AvgIpc) is 3.18. The standard InChI is InChI=1S/C16H17N5OS2/c1-10-5-6-11(2)12(8-10)18-14(22)9-24-16-20-19-15(21(16)17)13-4-3-7-23-13/h3-8H,9,17H2,1-2H3,(H,18,22). The van der Waals surface area contributed by atoms with Crippen molar-refractivity contribution in [3.8, 4) is 10.7 Å². The van der Waals surface area contributed by atoms with Crippen LogP contribution in [-0.2, 0) is 4.79 Å². The lowest BCUT2D eigenvalue weighted by atomic mass is 10.1. The second-order valence-corrected chi connectivity index (χ2v) is 7.20. The van der Waals surface area contributed by atoms with Crippen molar-refractivity contribution in [3.63, 3.8) is 0 Å². The molecule has 124 valence electrons. The Morgan fingerprint density at radius 1 is 1.33 bits per heavy atom. The number of amides is 1. The summed E-state index contributed by atoms with van der Waals surface area (Å²) < 4.78 is 1.42. The van der Waals surface area contributed by atoms with Crippen LogP contribution in [0.3, 0.4) is 0 Å². The van der Waals surface area contributed by atoms with Crippen LogP contribution in [0, 0.1) is 13.8 Å². The van der Waals surface area contributed by atoms with Crippen molar-refractivity contribution in [2.75, 3.05) is 16.9 Å². The van der Waals surface area contributed by atoms with Crippen LogP contribution in [-0.4, -0.2) is 26.5 Å². The van der Waals surface area contributed by atoms with Crippen LogP contribution in [0.4, 0.5) is 5.69 Å². The van der Waals surface area contributed by atoms with Crippen LogP contribution in [0.1, 0.15) is 11.1 Å². The highest BCUT2D eigenvalue weighted by Crippen LogP contribution is 2.25. The minimum absolute atomic E-state index is 0.102. The topological polar surface area (TPSA) is 85.8 Å². The summed E-state index contributed by atoms with van der Waals surface area (Å²) in [6.07, 6.45) is 0. The summed E-state index contributed by atoms with van der Waals surface area (Å²) in [6.45, 7) is 3.96. The Kier molecular flexibility index (Phi) is 4.86. The molecule has 0 spiro atoms. The van der Waals surface area contributed by atoms with Crippen LogP contribution < -0.4 is 11.2 Å². The SMILES string of the molecule is Cc1ccc(C)c(NC(=O)CSc2nnc(-c3cccs3)n2N)c1. The molecule has 24 heavy (non-hydrogen) atoms. The average molecular weight is 359 g/mol. The largest absolute Gasteiger partial charge is 0.335 e. The van der Waals surface area contributed by atoms with Crippen LogP contribution in [0.25, 0.3) is 10.7 Å². The molecule has 1 amide bonds. The summed E-state index contributed by atoms with van der Waals surface area (Å²) in [5.74, 6) is 6.74. The molecule has 0 radical (unpaired) electrons. The molecule has 2 heterocycles. The van der Waals surface area contributed by atoms with Crippen molar-refractivity contribution < 1.29 is 4.79 Å². The molecule has 6 nitrogen and oxygen atoms in total. The molecule has 1 aromatic carbocycles. The number of hydrogen-bond acceptors (Lipinski definition) is 6. The Bertz CT molecular complexity index is 857. The normalized spacial score (nSPS) is 10.8. The number of nitrogens with two attached hydrogens (primary N) is 1. The zero-order valence-corrected chi connectivity index (χ0v) is 14.9. The van der Waals surface area contributed by atoms with Gasteiger partial charge in [-0.25, -0.2) is 4.68 Å². The van der Waals surface area contributed by atoms with E-state index in [-0.39, 0.29) is 11.7 Å². The van der Waals surface area contributed by atoms with Gasteiger partial charge in [-0.1, -0.05) is 30.0 Å². The highest BCUT2D eigenvalue weighted by atomic mass is 32.2. The molecule has 0 atom stereocenters. The number of rotatable bonds is 5. The highest BCUT2D eigenvalue weighted by Gasteiger charge is 2.14. The van der Waals surface area contributed by atoms with E-state index in [1.165, 1.54) is 16.4 Å². The molecule has 0 unspecified atom stereocenters. The van der Waals surface area contributed by atoms with E-state index in [1.54, 1.807) is 11.3 Å². The summed E-state index contributed by atoms with van der Waals surface area (Å²) in [5.41, 5.74) is 2.96. The molecule has 8 heteroatoms. The van der Waals surface area contributed by atoms with Gasteiger partial charge in [0.05, 0.1) is 10.6 Å². The number of anilines is 1. The molecule has 3 N–H and O–H groups in total. The number of hydrogen-bond donors (Lipinski definition) is 2. The first-order chi connectivity index (χ1) is 11.5. The van der Waals surface area contributed by atoms with E-state index in [2.05, 4.69) is 15.5 Å². The summed E-state index contributed by atoms with van der Waals surface area (Å²) in [7, 11) is 0. The zero-order chi connectivity index (χ0) is 17.1. The third-order valence-corrected chi connectivity index (χ3v) is 5.21. The van der Waals surface area contributed by atoms with E-state index in [1.807, 2.05) is 49.6 Å². The third-order valence-electron chi connectivity index (χ3n) is 3.41. The second kappa shape index (κ2) is 7.06. The summed E-state index contributed by atoms with van der Waals surface area (Å²) in [6, 6.07) is 9.82. The first-order valence-electron chi connectivity index (χ1n) is 7.29. The minimum Gasteiger partial charge on any atom is -0.335 e. The van der Waals surface area contributed by atoms with Gasteiger partial charge in [0.1, 0.15) is 0 Å². The van der Waals surface area contributed by atoms with Gasteiger partial charge in [0.2, 0.25) is 11.1 Å². The van der Waals surface area contributed by atoms with Gasteiger partial charge >= 0.3 is 0 Å². The molecule has 0 aliphatic rings. The Labute approximate surface area is 148 Å². The lowest BCUT2D eigenvalue weighted by Crippen LogP contribution is -2.17. The van der Waals surface area contributed by atoms with Crippen molar-refractivity contribution in [1.82, 2.24) is 14.9 Å². The Hall–Kier alpha value is -2.32. The summed E-state index contributed by atoms with van der Waals surface area (Å²) in [5, 5.41) is 13.5. The zero-order valence-electron chi connectivity index (χ0n) is 13.3. The van der Waals surface area contributed by atoms with Crippen molar-refractivity contribution in [1.29, 1.82) is 0 Å². The summed E-state index contributed by atoms with van der Waals surface area (Å²) >= 11 is 2.80. The van der Waals surface area contributed by atoms with Gasteiger partial charge in [-0.2, -0.15) is 0 Å². The van der Waals surface area contributed by atoms with Gasteiger partial charge in [-0.05, 0) is 42.5 Å². The number of thiophene rings is 1. The maximum absolute atomic E-state index is 12.2. The number of aryl methyl sites for hydroxylation is 2. The smallest absolute Gasteiger partial charge is 0.234 e. The molecule has 3 rings (SSSR count). The molecule has 2 aromatic heterocycles. The second-order valence-electron chi connectivity index (χ2n) is 5.31. The van der Waals surface area contributed by atoms with E-state index in [9.17, 15) is 4.79 Å². The molecule has 3 aromatic rings. The fraction of sp³-hybridized carbons (Fsp3) is 0.188. The van der Waals surface area contributed by atoms with Crippen LogP contribution in [0.15, 0.2) is 40.9 Å². The van der Waals surface area contributed by atoms with E-state index in [0.717, 1.165) is 21.7 Å². The van der Waals surface area contributed by atoms with Gasteiger partial charge in [0.25, 0.3) is 0 Å². The predicted molar refractivity (Wildman–Crippen MR) is 98.8 cm³/mol. The molecule has 0 aliphatic heterocycles. The van der Waals surface area contributed by atoms with Gasteiger partial charge < -0.3 is 11.2 Å². The number of aromatic nitrogens is 3. The van der Waals surface area contributed by atoms with E-state index < -0.39 is 0 Å². The van der Waals surface area contributed by atoms with Crippen molar-refractivity contribution in [3.05, 3.63) is 46.8 Å². The summed E-state index contributed by atoms with van der Waals surface area (Å²) in [4.78, 5) is 13.1. The number of carbonyl (C=O) groups excluding carboxylic acids is 1. The van der Waals surface area contributed by atoms with Crippen molar-refractivity contribution >= 4 is 34.7 Å². The highest BCUT2D eigenvalue weighted by molar-refractivity contribution is 7.99. The van der Waals surface area contributed by atoms with Gasteiger partial charge in [0, 0.05) is 5.69 Å². The number of benzene rings is 1. The minimum atomic E-state index is -0.102. The fourth-order valence-electron chi connectivity index (χ4n) is 2.14. The van der Waals surface area contributed by atoms with Crippen LogP contribution >= 0.6 is 23.1 Å². The Morgan fingerprint density at radius 3 is 2.92 bits per heavy atom. The van der Waals surface area contributed by atoms with Crippen molar-refractivity contribution in [2.24, 2.45) is 0 Å². The molecule has 0 saturated carbocycles. The maximum atomic E-state index is 12.2. The molecule has 0 aliphatic carbocycles. The monoisotopic (exact) mass is 359 g/mol. The third kappa shape index (κ3) is 3.60. The molecule has 0 saturated heterocycles. The van der Waals surface area contributed by atoms with Crippen LogP contribution in [0.5, 0.6) is 0 Å². The molecular formula is C16H17N5OS2. The van der Waals surface area contributed by atoms with Gasteiger partial charge in [0.15, 0.2) is 5.82 Å². The molecule has 0 bridgehead atoms. The lowest BCUT2D eigenvalue weighted by molar-refractivity contribution is -0.113. The molecule has 0 fully saturated rings. The maximum Gasteiger partial charge on any atom is 0.234 e. The predicted octanol–water partition coefficient (Wildman–Crippen LogP) is 3.07. The number of nitrogen functional groups attached to an aromatic ring is 1. The number of nitrogens with one attached hydrogen (secondary N) is 1. The molecular weight excluding hydrogens is 342 g/mol. The van der Waals surface area contributed by atoms with E-state index >= 15 is 0 Å². The Balaban J connectivity index is 1.64. The van der Waals surface area contributed by atoms with Crippen molar-refractivity contribution in [2.45, 2.75) is 19.0 Å².